The van der Waals surface area contributed by atoms with E-state index in [9.17, 15) is 0 Å². The normalized spacial score (nSPS) is 14.8. The van der Waals surface area contributed by atoms with Crippen molar-refractivity contribution in [2.45, 2.75) is 39.3 Å². The van der Waals surface area contributed by atoms with E-state index in [1.165, 1.54) is 11.3 Å². The first-order valence-corrected chi connectivity index (χ1v) is 6.93. The maximum Gasteiger partial charge on any atom is 0.269 e. The highest BCUT2D eigenvalue weighted by Crippen LogP contribution is 2.27. The first-order chi connectivity index (χ1) is 8.90. The fourth-order valence-corrected chi connectivity index (χ4v) is 2.18. The van der Waals surface area contributed by atoms with Gasteiger partial charge in [-0.25, -0.2) is 4.98 Å². The van der Waals surface area contributed by atoms with Crippen molar-refractivity contribution in [3.8, 4) is 10.8 Å². The Morgan fingerprint density at radius 3 is 2.84 bits per heavy atom. The number of rotatable bonds is 5. The first-order valence-electron chi connectivity index (χ1n) is 6.05. The number of aromatic nitrogens is 3. The molecule has 0 aliphatic heterocycles. The van der Waals surface area contributed by atoms with Gasteiger partial charge in [0, 0.05) is 0 Å². The van der Waals surface area contributed by atoms with Gasteiger partial charge in [-0.1, -0.05) is 5.16 Å². The van der Waals surface area contributed by atoms with Crippen molar-refractivity contribution in [2.24, 2.45) is 5.73 Å². The molecule has 104 valence electrons. The average molecular weight is 282 g/mol. The SMILES string of the molecule is Cc1ncsc1-c1nc(C(C)(N)COC(C)C)no1. The molecule has 2 aromatic rings. The summed E-state index contributed by atoms with van der Waals surface area (Å²) in [5.74, 6) is 0.896. The van der Waals surface area contributed by atoms with Crippen LogP contribution in [0.5, 0.6) is 0 Å². The van der Waals surface area contributed by atoms with E-state index in [0.29, 0.717) is 18.3 Å². The van der Waals surface area contributed by atoms with Gasteiger partial charge in [-0.15, -0.1) is 11.3 Å². The van der Waals surface area contributed by atoms with Crippen LogP contribution in [0.25, 0.3) is 10.8 Å². The van der Waals surface area contributed by atoms with Gasteiger partial charge in [0.25, 0.3) is 5.89 Å². The Bertz CT molecular complexity index is 547. The third-order valence-corrected chi connectivity index (χ3v) is 3.51. The van der Waals surface area contributed by atoms with Gasteiger partial charge in [-0.2, -0.15) is 4.98 Å². The summed E-state index contributed by atoms with van der Waals surface area (Å²) in [4.78, 5) is 9.38. The third-order valence-electron chi connectivity index (χ3n) is 2.59. The standard InChI is InChI=1S/C12H18N4O2S/c1-7(2)17-5-12(4,13)11-15-10(18-16-11)9-8(3)14-6-19-9/h6-7H,5,13H2,1-4H3. The highest BCUT2D eigenvalue weighted by Gasteiger charge is 2.29. The van der Waals surface area contributed by atoms with Gasteiger partial charge < -0.3 is 15.0 Å². The second-order valence-electron chi connectivity index (χ2n) is 4.97. The van der Waals surface area contributed by atoms with E-state index < -0.39 is 5.54 Å². The van der Waals surface area contributed by atoms with Crippen LogP contribution in [0.15, 0.2) is 10.0 Å². The van der Waals surface area contributed by atoms with Crippen molar-refractivity contribution >= 4 is 11.3 Å². The van der Waals surface area contributed by atoms with Crippen molar-refractivity contribution in [3.05, 3.63) is 17.0 Å². The molecule has 0 aliphatic rings. The molecule has 2 N–H and O–H groups in total. The Morgan fingerprint density at radius 1 is 1.53 bits per heavy atom. The minimum absolute atomic E-state index is 0.109. The van der Waals surface area contributed by atoms with Crippen LogP contribution in [0.3, 0.4) is 0 Å². The number of aryl methyl sites for hydroxylation is 1. The molecule has 2 heterocycles. The van der Waals surface area contributed by atoms with E-state index in [-0.39, 0.29) is 6.10 Å². The van der Waals surface area contributed by atoms with Gasteiger partial charge in [0.2, 0.25) is 0 Å². The molecule has 0 aromatic carbocycles. The summed E-state index contributed by atoms with van der Waals surface area (Å²) < 4.78 is 10.8. The minimum Gasteiger partial charge on any atom is -0.376 e. The van der Waals surface area contributed by atoms with Gasteiger partial charge in [0.15, 0.2) is 5.82 Å². The molecule has 0 fully saturated rings. The third kappa shape index (κ3) is 3.17. The van der Waals surface area contributed by atoms with E-state index in [0.717, 1.165) is 10.6 Å². The maximum atomic E-state index is 6.17. The van der Waals surface area contributed by atoms with Crippen molar-refractivity contribution in [2.75, 3.05) is 6.61 Å². The molecular weight excluding hydrogens is 264 g/mol. The summed E-state index contributed by atoms with van der Waals surface area (Å²) in [5, 5.41) is 3.95. The molecule has 6 nitrogen and oxygen atoms in total. The predicted molar refractivity (Wildman–Crippen MR) is 72.8 cm³/mol. The highest BCUT2D eigenvalue weighted by molar-refractivity contribution is 7.13. The van der Waals surface area contributed by atoms with Gasteiger partial charge in [-0.05, 0) is 27.7 Å². The van der Waals surface area contributed by atoms with Crippen LogP contribution in [0.4, 0.5) is 0 Å². The predicted octanol–water partition coefficient (Wildman–Crippen LogP) is 2.10. The molecule has 0 bridgehead atoms. The number of nitrogens with zero attached hydrogens (tertiary/aromatic N) is 3. The van der Waals surface area contributed by atoms with Crippen LogP contribution in [0, 0.1) is 6.92 Å². The maximum absolute atomic E-state index is 6.17. The van der Waals surface area contributed by atoms with Crippen LogP contribution in [0.1, 0.15) is 32.3 Å². The number of hydrogen-bond donors (Lipinski definition) is 1. The van der Waals surface area contributed by atoms with E-state index in [1.54, 1.807) is 5.51 Å². The molecule has 0 amide bonds. The smallest absolute Gasteiger partial charge is 0.269 e. The minimum atomic E-state index is -0.773. The molecule has 1 atom stereocenters. The second kappa shape index (κ2) is 5.36. The lowest BCUT2D eigenvalue weighted by Gasteiger charge is -2.21. The fraction of sp³-hybridized carbons (Fsp3) is 0.583. The molecule has 2 rings (SSSR count). The zero-order chi connectivity index (χ0) is 14.0. The van der Waals surface area contributed by atoms with Crippen LogP contribution < -0.4 is 5.73 Å². The number of ether oxygens (including phenoxy) is 1. The summed E-state index contributed by atoms with van der Waals surface area (Å²) in [7, 11) is 0. The van der Waals surface area contributed by atoms with E-state index in [2.05, 4.69) is 15.1 Å². The zero-order valence-electron chi connectivity index (χ0n) is 11.5. The lowest BCUT2D eigenvalue weighted by Crippen LogP contribution is -2.40. The van der Waals surface area contributed by atoms with Crippen molar-refractivity contribution in [1.82, 2.24) is 15.1 Å². The van der Waals surface area contributed by atoms with Crippen LogP contribution in [-0.4, -0.2) is 27.8 Å². The molecular formula is C12H18N4O2S. The van der Waals surface area contributed by atoms with Crippen LogP contribution in [-0.2, 0) is 10.3 Å². The van der Waals surface area contributed by atoms with Gasteiger partial charge in [0.05, 0.1) is 23.9 Å². The average Bonchev–Trinajstić information content (AvgIpc) is 2.94. The molecule has 0 radical (unpaired) electrons. The van der Waals surface area contributed by atoms with Gasteiger partial charge in [0.1, 0.15) is 10.4 Å². The number of nitrogens with two attached hydrogens (primary N) is 1. The Balaban J connectivity index is 2.19. The molecule has 0 saturated carbocycles. The molecule has 0 saturated heterocycles. The molecule has 7 heteroatoms. The molecule has 2 aromatic heterocycles. The summed E-state index contributed by atoms with van der Waals surface area (Å²) >= 11 is 1.47. The molecule has 0 aliphatic carbocycles. The second-order valence-corrected chi connectivity index (χ2v) is 5.82. The van der Waals surface area contributed by atoms with Gasteiger partial charge >= 0.3 is 0 Å². The fourth-order valence-electron chi connectivity index (χ4n) is 1.46. The van der Waals surface area contributed by atoms with Crippen LogP contribution >= 0.6 is 11.3 Å². The first kappa shape index (κ1) is 14.1. The monoisotopic (exact) mass is 282 g/mol. The topological polar surface area (TPSA) is 87.1 Å². The lowest BCUT2D eigenvalue weighted by molar-refractivity contribution is 0.0410. The summed E-state index contributed by atoms with van der Waals surface area (Å²) in [5.41, 5.74) is 8.02. The number of hydrogen-bond acceptors (Lipinski definition) is 7. The Hall–Kier alpha value is -1.31. The Kier molecular flexibility index (Phi) is 3.98. The van der Waals surface area contributed by atoms with E-state index in [4.69, 9.17) is 15.0 Å². The molecule has 1 unspecified atom stereocenters. The number of thiazole rings is 1. The lowest BCUT2D eigenvalue weighted by atomic mass is 10.1. The highest BCUT2D eigenvalue weighted by atomic mass is 32.1. The van der Waals surface area contributed by atoms with Crippen LogP contribution in [0.2, 0.25) is 0 Å². The van der Waals surface area contributed by atoms with Crippen molar-refractivity contribution in [1.29, 1.82) is 0 Å². The quantitative estimate of drug-likeness (QED) is 0.903. The summed E-state index contributed by atoms with van der Waals surface area (Å²) in [6.07, 6.45) is 0.109. The Morgan fingerprint density at radius 2 is 2.26 bits per heavy atom. The summed E-state index contributed by atoms with van der Waals surface area (Å²) in [6.45, 7) is 7.98. The molecule has 0 spiro atoms. The largest absolute Gasteiger partial charge is 0.376 e. The van der Waals surface area contributed by atoms with Gasteiger partial charge in [-0.3, -0.25) is 0 Å². The molecule has 19 heavy (non-hydrogen) atoms. The van der Waals surface area contributed by atoms with E-state index in [1.807, 2.05) is 27.7 Å². The Labute approximate surface area is 116 Å². The van der Waals surface area contributed by atoms with Crippen molar-refractivity contribution in [3.63, 3.8) is 0 Å². The zero-order valence-corrected chi connectivity index (χ0v) is 12.3. The van der Waals surface area contributed by atoms with Crippen molar-refractivity contribution < 1.29 is 9.26 Å². The summed E-state index contributed by atoms with van der Waals surface area (Å²) in [6, 6.07) is 0. The van der Waals surface area contributed by atoms with E-state index >= 15 is 0 Å².